The topological polar surface area (TPSA) is 34.4 Å². The quantitative estimate of drug-likeness (QED) is 0.771. The number of aliphatic imine (C=N–C) groups is 1. The lowest BCUT2D eigenvalue weighted by Crippen LogP contribution is -2.21. The molecular weight excluding hydrogens is 259 g/mol. The first-order valence-corrected chi connectivity index (χ1v) is 5.71. The van der Waals surface area contributed by atoms with Crippen molar-refractivity contribution < 1.29 is 0 Å². The van der Waals surface area contributed by atoms with Gasteiger partial charge in [0.1, 0.15) is 0 Å². The molecule has 0 saturated carbocycles. The summed E-state index contributed by atoms with van der Waals surface area (Å²) in [5.41, 5.74) is 1.04. The van der Waals surface area contributed by atoms with Gasteiger partial charge in [-0.3, -0.25) is 9.79 Å². The van der Waals surface area contributed by atoms with Crippen molar-refractivity contribution in [3.63, 3.8) is 0 Å². The van der Waals surface area contributed by atoms with E-state index in [9.17, 15) is 4.79 Å². The van der Waals surface area contributed by atoms with Crippen molar-refractivity contribution >= 4 is 40.8 Å². The molecule has 0 unspecified atom stereocenters. The summed E-state index contributed by atoms with van der Waals surface area (Å²) >= 11 is 12.1. The Hall–Kier alpha value is -1.32. The van der Waals surface area contributed by atoms with Gasteiger partial charge in [0.15, 0.2) is 0 Å². The molecule has 0 spiro atoms. The van der Waals surface area contributed by atoms with Crippen molar-refractivity contribution in [1.82, 2.24) is 4.57 Å². The Morgan fingerprint density at radius 3 is 2.76 bits per heavy atom. The van der Waals surface area contributed by atoms with Crippen LogP contribution in [-0.4, -0.2) is 11.3 Å². The highest BCUT2D eigenvalue weighted by Gasteiger charge is 2.13. The second-order valence-electron chi connectivity index (χ2n) is 3.70. The third kappa shape index (κ3) is 1.96. The monoisotopic (exact) mass is 268 g/mol. The molecule has 0 radical (unpaired) electrons. The van der Waals surface area contributed by atoms with E-state index in [2.05, 4.69) is 11.7 Å². The first-order valence-electron chi connectivity index (χ1n) is 4.95. The lowest BCUT2D eigenvalue weighted by Gasteiger charge is -2.10. The largest absolute Gasteiger partial charge is 0.311 e. The number of fused-ring (bicyclic) bond motifs is 1. The number of nitrogens with zero attached hydrogens (tertiary/aromatic N) is 2. The van der Waals surface area contributed by atoms with Crippen LogP contribution in [-0.2, 0) is 13.6 Å². The molecule has 2 aromatic rings. The summed E-state index contributed by atoms with van der Waals surface area (Å²) in [6.45, 7) is 3.58. The zero-order chi connectivity index (χ0) is 12.6. The smallest absolute Gasteiger partial charge is 0.257 e. The molecule has 5 heteroatoms. The van der Waals surface area contributed by atoms with E-state index < -0.39 is 0 Å². The van der Waals surface area contributed by atoms with E-state index in [4.69, 9.17) is 23.2 Å². The van der Waals surface area contributed by atoms with E-state index in [0.717, 1.165) is 10.9 Å². The number of rotatable bonds is 2. The summed E-state index contributed by atoms with van der Waals surface area (Å²) in [5, 5.41) is 1.73. The Morgan fingerprint density at radius 2 is 2.12 bits per heavy atom. The lowest BCUT2D eigenvalue weighted by molar-refractivity contribution is 0.871. The van der Waals surface area contributed by atoms with E-state index in [1.807, 2.05) is 0 Å². The molecule has 88 valence electrons. The lowest BCUT2D eigenvalue weighted by atomic mass is 10.1. The molecule has 17 heavy (non-hydrogen) atoms. The molecule has 0 aliphatic carbocycles. The molecule has 0 bridgehead atoms. The van der Waals surface area contributed by atoms with Crippen molar-refractivity contribution in [1.29, 1.82) is 0 Å². The minimum absolute atomic E-state index is 0.155. The van der Waals surface area contributed by atoms with Gasteiger partial charge in [0.05, 0.1) is 22.6 Å². The van der Waals surface area contributed by atoms with Gasteiger partial charge >= 0.3 is 0 Å². The molecule has 1 heterocycles. The average molecular weight is 269 g/mol. The van der Waals surface area contributed by atoms with E-state index >= 15 is 0 Å². The standard InChI is InChI=1S/C12H10Cl2N2O/c1-15-6-9-11(14)8-5-7(13)3-4-10(8)16(2)12(9)17/h3-5H,1,6H2,2H3. The fraction of sp³-hybridized carbons (Fsp3) is 0.167. The fourth-order valence-electron chi connectivity index (χ4n) is 1.79. The summed E-state index contributed by atoms with van der Waals surface area (Å²) in [6, 6.07) is 5.24. The van der Waals surface area contributed by atoms with E-state index in [-0.39, 0.29) is 12.1 Å². The average Bonchev–Trinajstić information content (AvgIpc) is 2.32. The summed E-state index contributed by atoms with van der Waals surface area (Å²) in [7, 11) is 1.70. The van der Waals surface area contributed by atoms with Gasteiger partial charge in [-0.05, 0) is 24.9 Å². The predicted molar refractivity (Wildman–Crippen MR) is 72.5 cm³/mol. The maximum absolute atomic E-state index is 12.0. The molecule has 0 aliphatic rings. The van der Waals surface area contributed by atoms with Crippen LogP contribution in [0.25, 0.3) is 10.9 Å². The number of aryl methyl sites for hydroxylation is 1. The Bertz CT molecular complexity index is 662. The second kappa shape index (κ2) is 4.51. The Morgan fingerprint density at radius 1 is 1.41 bits per heavy atom. The van der Waals surface area contributed by atoms with E-state index in [1.54, 1.807) is 25.2 Å². The van der Waals surface area contributed by atoms with Crippen LogP contribution in [0.1, 0.15) is 5.56 Å². The fourth-order valence-corrected chi connectivity index (χ4v) is 2.26. The molecule has 0 N–H and O–H groups in total. The Labute approximate surface area is 108 Å². The first-order chi connectivity index (χ1) is 8.06. The maximum atomic E-state index is 12.0. The third-order valence-corrected chi connectivity index (χ3v) is 3.32. The first kappa shape index (κ1) is 12.1. The van der Waals surface area contributed by atoms with Gasteiger partial charge in [0.2, 0.25) is 0 Å². The van der Waals surface area contributed by atoms with Gasteiger partial charge in [0.25, 0.3) is 5.56 Å². The van der Waals surface area contributed by atoms with Crippen LogP contribution < -0.4 is 5.56 Å². The van der Waals surface area contributed by atoms with Crippen LogP contribution in [0.5, 0.6) is 0 Å². The van der Waals surface area contributed by atoms with Gasteiger partial charge < -0.3 is 4.57 Å². The number of pyridine rings is 1. The Kier molecular flexibility index (Phi) is 3.22. The molecule has 0 atom stereocenters. The summed E-state index contributed by atoms with van der Waals surface area (Å²) in [4.78, 5) is 15.8. The van der Waals surface area contributed by atoms with Crippen LogP contribution in [0.4, 0.5) is 0 Å². The SMILES string of the molecule is C=NCc1c(Cl)c2cc(Cl)ccc2n(C)c1=O. The molecule has 2 rings (SSSR count). The molecule has 0 aliphatic heterocycles. The van der Waals surface area contributed by atoms with Crippen molar-refractivity contribution in [2.45, 2.75) is 6.54 Å². The zero-order valence-corrected chi connectivity index (χ0v) is 10.7. The van der Waals surface area contributed by atoms with Crippen LogP contribution in [0, 0.1) is 0 Å². The van der Waals surface area contributed by atoms with Gasteiger partial charge in [-0.1, -0.05) is 23.2 Å². The normalized spacial score (nSPS) is 10.8. The van der Waals surface area contributed by atoms with Crippen LogP contribution >= 0.6 is 23.2 Å². The molecule has 3 nitrogen and oxygen atoms in total. The number of aromatic nitrogens is 1. The van der Waals surface area contributed by atoms with Crippen molar-refractivity contribution in [3.05, 3.63) is 44.2 Å². The molecule has 0 amide bonds. The second-order valence-corrected chi connectivity index (χ2v) is 4.51. The summed E-state index contributed by atoms with van der Waals surface area (Å²) in [5.74, 6) is 0. The highest BCUT2D eigenvalue weighted by Crippen LogP contribution is 2.27. The number of hydrogen-bond acceptors (Lipinski definition) is 2. The van der Waals surface area contributed by atoms with Gasteiger partial charge in [-0.2, -0.15) is 0 Å². The van der Waals surface area contributed by atoms with Crippen molar-refractivity contribution in [3.8, 4) is 0 Å². The van der Waals surface area contributed by atoms with Crippen LogP contribution in [0.15, 0.2) is 28.0 Å². The van der Waals surface area contributed by atoms with Gasteiger partial charge in [-0.25, -0.2) is 0 Å². The van der Waals surface area contributed by atoms with Crippen molar-refractivity contribution in [2.75, 3.05) is 0 Å². The minimum atomic E-state index is -0.155. The zero-order valence-electron chi connectivity index (χ0n) is 9.20. The molecular formula is C12H10Cl2N2O. The number of halogens is 2. The molecule has 0 fully saturated rings. The molecule has 1 aromatic carbocycles. The molecule has 1 aromatic heterocycles. The molecule has 0 saturated heterocycles. The number of benzene rings is 1. The van der Waals surface area contributed by atoms with E-state index in [1.165, 1.54) is 4.57 Å². The van der Waals surface area contributed by atoms with Gasteiger partial charge in [0, 0.05) is 17.5 Å². The highest BCUT2D eigenvalue weighted by atomic mass is 35.5. The van der Waals surface area contributed by atoms with Crippen molar-refractivity contribution in [2.24, 2.45) is 12.0 Å². The van der Waals surface area contributed by atoms with Crippen LogP contribution in [0.3, 0.4) is 0 Å². The summed E-state index contributed by atoms with van der Waals surface area (Å²) < 4.78 is 1.54. The highest BCUT2D eigenvalue weighted by molar-refractivity contribution is 6.37. The number of hydrogen-bond donors (Lipinski definition) is 0. The summed E-state index contributed by atoms with van der Waals surface area (Å²) in [6.07, 6.45) is 0. The third-order valence-electron chi connectivity index (χ3n) is 2.65. The predicted octanol–water partition coefficient (Wildman–Crippen LogP) is 3.05. The van der Waals surface area contributed by atoms with Gasteiger partial charge in [-0.15, -0.1) is 0 Å². The maximum Gasteiger partial charge on any atom is 0.257 e. The minimum Gasteiger partial charge on any atom is -0.311 e. The Balaban J connectivity index is 2.95. The van der Waals surface area contributed by atoms with E-state index in [0.29, 0.717) is 15.6 Å². The van der Waals surface area contributed by atoms with Crippen LogP contribution in [0.2, 0.25) is 10.0 Å².